The van der Waals surface area contributed by atoms with Crippen molar-refractivity contribution < 1.29 is 119 Å². The molecule has 1 aromatic carbocycles. The fourth-order valence-electron chi connectivity index (χ4n) is 5.78. The van der Waals surface area contributed by atoms with Crippen LogP contribution in [-0.4, -0.2) is 89.7 Å². The molecule has 390 valence electrons. The molecule has 0 spiro atoms. The van der Waals surface area contributed by atoms with Gasteiger partial charge in [-0.2, -0.15) is 138 Å². The topological polar surface area (TPSA) is 9.23 Å². The number of thioether (sulfide) groups is 2. The number of hydrogen-bond donors (Lipinski definition) is 0. The first-order chi connectivity index (χ1) is 29.5. The van der Waals surface area contributed by atoms with Gasteiger partial charge >= 0.3 is 71.6 Å². The largest absolute Gasteiger partial charge is 0.493 e. The van der Waals surface area contributed by atoms with Gasteiger partial charge in [0.2, 0.25) is 0 Å². The molecule has 0 aliphatic rings. The number of benzene rings is 1. The van der Waals surface area contributed by atoms with Crippen molar-refractivity contribution in [1.82, 2.24) is 0 Å². The minimum absolute atomic E-state index is 0.0683. The lowest BCUT2D eigenvalue weighted by atomic mass is 9.93. The fourth-order valence-corrected chi connectivity index (χ4v) is 7.71. The molecule has 1 nitrogen and oxygen atoms in total. The average molecular weight is 1060 g/mol. The molecule has 0 unspecified atom stereocenters. The Labute approximate surface area is 368 Å². The van der Waals surface area contributed by atoms with Crippen LogP contribution in [0.3, 0.4) is 0 Å². The Morgan fingerprint density at radius 3 is 1.11 bits per heavy atom. The van der Waals surface area contributed by atoms with Gasteiger partial charge in [-0.1, -0.05) is 76.8 Å². The number of halogens is 26. The van der Waals surface area contributed by atoms with Crippen LogP contribution in [0, 0.1) is 6.92 Å². The molecule has 0 atom stereocenters. The summed E-state index contributed by atoms with van der Waals surface area (Å²) >= 11 is 0.229. The van der Waals surface area contributed by atoms with Gasteiger partial charge in [-0.15, -0.1) is 0 Å². The van der Waals surface area contributed by atoms with Crippen LogP contribution in [0.15, 0.2) is 12.1 Å². The fraction of sp³-hybridized carbons (Fsp3) is 0.838. The van der Waals surface area contributed by atoms with Gasteiger partial charge in [0.05, 0.1) is 6.61 Å². The molecule has 0 saturated carbocycles. The number of rotatable bonds is 30. The normalized spacial score (nSPS) is 14.9. The maximum Gasteiger partial charge on any atom is 0.460 e. The first-order valence-electron chi connectivity index (χ1n) is 19.3. The Kier molecular flexibility index (Phi) is 20.9. The van der Waals surface area contributed by atoms with Crippen molar-refractivity contribution >= 4 is 23.5 Å². The monoisotopic (exact) mass is 1060 g/mol. The molecule has 0 heterocycles. The van der Waals surface area contributed by atoms with Crippen molar-refractivity contribution in [3.05, 3.63) is 28.8 Å². The summed E-state index contributed by atoms with van der Waals surface area (Å²) in [4.78, 5) is 0. The van der Waals surface area contributed by atoms with Crippen molar-refractivity contribution in [2.24, 2.45) is 0 Å². The third-order valence-electron chi connectivity index (χ3n) is 9.80. The van der Waals surface area contributed by atoms with E-state index >= 15 is 0 Å². The van der Waals surface area contributed by atoms with Crippen LogP contribution in [0.25, 0.3) is 0 Å². The molecule has 0 aromatic heterocycles. The van der Waals surface area contributed by atoms with E-state index in [-0.39, 0.29) is 52.6 Å². The Morgan fingerprint density at radius 1 is 0.409 bits per heavy atom. The molecule has 0 aliphatic heterocycles. The number of ether oxygens (including phenoxy) is 1. The highest BCUT2D eigenvalue weighted by molar-refractivity contribution is 7.98. The summed E-state index contributed by atoms with van der Waals surface area (Å²) in [7, 11) is 0. The van der Waals surface area contributed by atoms with E-state index in [2.05, 4.69) is 0 Å². The van der Waals surface area contributed by atoms with E-state index in [1.165, 1.54) is 13.0 Å². The van der Waals surface area contributed by atoms with E-state index in [9.17, 15) is 114 Å². The minimum Gasteiger partial charge on any atom is -0.493 e. The van der Waals surface area contributed by atoms with Crippen LogP contribution in [0.5, 0.6) is 5.75 Å². The third kappa shape index (κ3) is 13.0. The van der Waals surface area contributed by atoms with Gasteiger partial charge in [0, 0.05) is 29.9 Å². The van der Waals surface area contributed by atoms with Crippen molar-refractivity contribution in [1.29, 1.82) is 0 Å². The van der Waals surface area contributed by atoms with Crippen LogP contribution in [0.1, 0.15) is 101 Å². The van der Waals surface area contributed by atoms with E-state index in [1.54, 1.807) is 0 Å². The molecule has 0 saturated heterocycles. The predicted molar refractivity (Wildman–Crippen MR) is 192 cm³/mol. The zero-order chi connectivity index (χ0) is 51.9. The van der Waals surface area contributed by atoms with Crippen LogP contribution < -0.4 is 4.74 Å². The predicted octanol–water partition coefficient (Wildman–Crippen LogP) is 17.0. The Balaban J connectivity index is 3.27. The van der Waals surface area contributed by atoms with Gasteiger partial charge in [-0.25, -0.2) is 0 Å². The summed E-state index contributed by atoms with van der Waals surface area (Å²) in [5.41, 5.74) is -0.131. The van der Waals surface area contributed by atoms with Gasteiger partial charge in [0.1, 0.15) is 5.75 Å². The molecule has 1 aromatic rings. The molecule has 0 bridgehead atoms. The van der Waals surface area contributed by atoms with Gasteiger partial charge in [0.15, 0.2) is 0 Å². The summed E-state index contributed by atoms with van der Waals surface area (Å²) in [5, 5.41) is 0. The molecule has 0 amide bonds. The number of alkyl halides is 26. The average Bonchev–Trinajstić information content (AvgIpc) is 3.16. The van der Waals surface area contributed by atoms with Crippen LogP contribution >= 0.6 is 23.5 Å². The summed E-state index contributed by atoms with van der Waals surface area (Å²) < 4.78 is 357. The quantitative estimate of drug-likeness (QED) is 0.0561. The van der Waals surface area contributed by atoms with E-state index in [0.717, 1.165) is 57.4 Å². The molecule has 1 rings (SSSR count). The first-order valence-corrected chi connectivity index (χ1v) is 21.6. The number of unbranched alkanes of at least 4 members (excludes halogenated alkanes) is 9. The molecule has 0 fully saturated rings. The summed E-state index contributed by atoms with van der Waals surface area (Å²) in [6.07, 6.45) is -11.6. The lowest BCUT2D eigenvalue weighted by molar-refractivity contribution is -0.439. The van der Waals surface area contributed by atoms with Gasteiger partial charge < -0.3 is 4.74 Å². The first kappa shape index (κ1) is 61.9. The Morgan fingerprint density at radius 2 is 0.742 bits per heavy atom. The maximum absolute atomic E-state index is 14.4. The van der Waals surface area contributed by atoms with Crippen molar-refractivity contribution in [3.8, 4) is 5.75 Å². The minimum atomic E-state index is -8.11. The lowest BCUT2D eigenvalue weighted by Gasteiger charge is -2.39. The highest BCUT2D eigenvalue weighted by Crippen LogP contribution is 2.62. The zero-order valence-corrected chi connectivity index (χ0v) is 35.9. The van der Waals surface area contributed by atoms with Crippen molar-refractivity contribution in [3.63, 3.8) is 0 Å². The molecular formula is C37H42F26OS2. The number of hydrogen-bond acceptors (Lipinski definition) is 3. The molecule has 0 N–H and O–H groups in total. The second-order valence-electron chi connectivity index (χ2n) is 15.0. The van der Waals surface area contributed by atoms with Crippen LogP contribution in [-0.2, 0) is 11.5 Å². The highest BCUT2D eigenvalue weighted by atomic mass is 32.2. The molecule has 66 heavy (non-hydrogen) atoms. The van der Waals surface area contributed by atoms with E-state index in [0.29, 0.717) is 12.8 Å². The zero-order valence-electron chi connectivity index (χ0n) is 34.2. The summed E-state index contributed by atoms with van der Waals surface area (Å²) in [6, 6.07) is 2.21. The Hall–Kier alpha value is -2.10. The second-order valence-corrected chi connectivity index (χ2v) is 17.2. The molecular weight excluding hydrogens is 1020 g/mol. The molecule has 0 aliphatic carbocycles. The SMILES string of the molecule is CCCCCCCCCCCCOc1c(C)cc(CSCCC(F)(F)C(F)(F)C(F)(F)C(F)(F)C(F)(F)C(F)(F)F)cc1CSCCC(F)(F)C(F)(F)C(F)(F)C(F)(F)C(F)(F)C(F)(F)F. The van der Waals surface area contributed by atoms with Crippen molar-refractivity contribution in [2.75, 3.05) is 18.1 Å². The van der Waals surface area contributed by atoms with Crippen LogP contribution in [0.2, 0.25) is 0 Å². The smallest absolute Gasteiger partial charge is 0.460 e. The maximum atomic E-state index is 14.4. The third-order valence-corrected chi connectivity index (χ3v) is 11.8. The second kappa shape index (κ2) is 22.3. The highest BCUT2D eigenvalue weighted by Gasteiger charge is 2.92. The van der Waals surface area contributed by atoms with Crippen molar-refractivity contribution in [2.45, 2.75) is 174 Å². The standard InChI is InChI=1S/C37H42F26OS2/c1-3-4-5-6-7-8-9-10-11-12-15-64-25-22(2)18-23(20-65-16-13-26(38,39)28(42,43)30(46,47)32(50,51)34(54,55)36(58,59)60)19-24(25)21-66-17-14-27(40,41)29(44,45)31(48,49)33(52,53)35(56,57)37(61,62)63/h18-19H,3-17,20-21H2,1-2H3. The van der Waals surface area contributed by atoms with E-state index in [4.69, 9.17) is 4.74 Å². The number of aryl methyl sites for hydroxylation is 1. The lowest BCUT2D eigenvalue weighted by Crippen LogP contribution is -2.70. The molecule has 0 radical (unpaired) electrons. The summed E-state index contributed by atoms with van der Waals surface area (Å²) in [6.45, 7) is 3.25. The van der Waals surface area contributed by atoms with E-state index in [1.807, 2.05) is 6.92 Å². The van der Waals surface area contributed by atoms with E-state index < -0.39 is 107 Å². The van der Waals surface area contributed by atoms with Gasteiger partial charge in [0.25, 0.3) is 0 Å². The van der Waals surface area contributed by atoms with Gasteiger partial charge in [-0.05, 0) is 36.0 Å². The summed E-state index contributed by atoms with van der Waals surface area (Å²) in [5.74, 6) is -80.2. The molecule has 29 heteroatoms. The Bertz CT molecular complexity index is 1660. The van der Waals surface area contributed by atoms with Crippen LogP contribution in [0.4, 0.5) is 114 Å². The van der Waals surface area contributed by atoms with Gasteiger partial charge in [-0.3, -0.25) is 0 Å².